The Balaban J connectivity index is 3.38. The van der Waals surface area contributed by atoms with Crippen molar-refractivity contribution in [1.29, 1.82) is 0 Å². The number of ether oxygens (including phenoxy) is 1. The van der Waals surface area contributed by atoms with Crippen LogP contribution < -0.4 is 10.6 Å². The number of nitrogens with one attached hydrogen (secondary N) is 2. The molecule has 0 aromatic heterocycles. The molecular weight excluding hydrogens is 406 g/mol. The first-order chi connectivity index (χ1) is 14.7. The van der Waals surface area contributed by atoms with Crippen LogP contribution in [0.25, 0.3) is 0 Å². The predicted octanol–water partition coefficient (Wildman–Crippen LogP) is 4.27. The first-order valence-electron chi connectivity index (χ1n) is 11.3. The average Bonchev–Trinajstić information content (AvgIpc) is 2.65. The van der Waals surface area contributed by atoms with Crippen LogP contribution in [-0.2, 0) is 14.3 Å². The van der Waals surface area contributed by atoms with Gasteiger partial charge < -0.3 is 20.3 Å². The van der Waals surface area contributed by atoms with Crippen molar-refractivity contribution in [3.63, 3.8) is 0 Å². The molecule has 2 N–H and O–H groups in total. The number of nitrogens with zero attached hydrogens (tertiary/aromatic N) is 1. The van der Waals surface area contributed by atoms with Gasteiger partial charge in [0.2, 0.25) is 11.8 Å². The molecule has 180 valence electrons. The van der Waals surface area contributed by atoms with Gasteiger partial charge in [-0.05, 0) is 71.1 Å². The molecule has 0 saturated heterocycles. The first kappa shape index (κ1) is 27.5. The molecule has 0 radical (unpaired) electrons. The number of aryl methyl sites for hydroxylation is 2. The van der Waals surface area contributed by atoms with Gasteiger partial charge in [0, 0.05) is 13.1 Å². The van der Waals surface area contributed by atoms with Crippen molar-refractivity contribution in [3.05, 3.63) is 34.9 Å². The number of amides is 3. The van der Waals surface area contributed by atoms with Gasteiger partial charge in [-0.3, -0.25) is 9.59 Å². The molecule has 7 heteroatoms. The topological polar surface area (TPSA) is 87.7 Å². The number of likely N-dealkylation sites (N-methyl/N-ethyl adjacent to an activating group) is 1. The maximum absolute atomic E-state index is 13.6. The smallest absolute Gasteiger partial charge is 0.408 e. The number of hydrogen-bond acceptors (Lipinski definition) is 4. The fourth-order valence-corrected chi connectivity index (χ4v) is 3.59. The largest absolute Gasteiger partial charge is 0.444 e. The minimum atomic E-state index is -0.821. The van der Waals surface area contributed by atoms with E-state index in [1.165, 1.54) is 4.90 Å². The van der Waals surface area contributed by atoms with E-state index in [0.717, 1.165) is 16.7 Å². The summed E-state index contributed by atoms with van der Waals surface area (Å²) in [7, 11) is 1.62. The summed E-state index contributed by atoms with van der Waals surface area (Å²) in [4.78, 5) is 40.8. The fraction of sp³-hybridized carbons (Fsp3) is 0.640. The minimum Gasteiger partial charge on any atom is -0.444 e. The molecule has 0 fully saturated rings. The Morgan fingerprint density at radius 3 is 2.00 bits per heavy atom. The minimum absolute atomic E-state index is 0.0805. The number of benzene rings is 1. The molecule has 1 aromatic rings. The molecular formula is C25H41N3O4. The monoisotopic (exact) mass is 447 g/mol. The maximum atomic E-state index is 13.6. The highest BCUT2D eigenvalue weighted by Crippen LogP contribution is 2.28. The summed E-state index contributed by atoms with van der Waals surface area (Å²) in [6, 6.07) is 4.07. The molecule has 0 aliphatic carbocycles. The van der Waals surface area contributed by atoms with Gasteiger partial charge in [-0.25, -0.2) is 4.79 Å². The SMILES string of the molecule is CCC(C)C(NC(=O)OC(C)(C)C)C(=O)N(C)C(C(=O)NC(C)C)c1c(C)cccc1C. The summed E-state index contributed by atoms with van der Waals surface area (Å²) in [5, 5.41) is 5.68. The standard InChI is InChI=1S/C25H41N3O4/c1-11-16(4)20(27-24(31)32-25(7,8)9)23(30)28(10)21(22(29)26-15(2)3)19-17(5)13-12-14-18(19)6/h12-16,20-21H,11H2,1-10H3,(H,26,29)(H,27,31). The summed E-state index contributed by atoms with van der Waals surface area (Å²) in [5.74, 6) is -0.741. The number of hydrogen-bond donors (Lipinski definition) is 2. The quantitative estimate of drug-likeness (QED) is 0.623. The van der Waals surface area contributed by atoms with Crippen LogP contribution in [0.1, 0.15) is 77.6 Å². The predicted molar refractivity (Wildman–Crippen MR) is 127 cm³/mol. The number of carbonyl (C=O) groups is 3. The fourth-order valence-electron chi connectivity index (χ4n) is 3.59. The molecule has 0 aliphatic rings. The molecule has 3 unspecified atom stereocenters. The first-order valence-corrected chi connectivity index (χ1v) is 11.3. The van der Waals surface area contributed by atoms with Crippen molar-refractivity contribution >= 4 is 17.9 Å². The summed E-state index contributed by atoms with van der Waals surface area (Å²) in [6.07, 6.45) is 0.0200. The highest BCUT2D eigenvalue weighted by atomic mass is 16.6. The third kappa shape index (κ3) is 7.53. The van der Waals surface area contributed by atoms with E-state index in [4.69, 9.17) is 4.74 Å². The molecule has 1 aromatic carbocycles. The van der Waals surface area contributed by atoms with Crippen molar-refractivity contribution < 1.29 is 19.1 Å². The lowest BCUT2D eigenvalue weighted by Gasteiger charge is -2.35. The Kier molecular flexibility index (Phi) is 9.73. The van der Waals surface area contributed by atoms with Crippen LogP contribution in [0.5, 0.6) is 0 Å². The van der Waals surface area contributed by atoms with Crippen LogP contribution in [0.15, 0.2) is 18.2 Å². The normalized spacial score (nSPS) is 14.3. The zero-order valence-corrected chi connectivity index (χ0v) is 21.3. The average molecular weight is 448 g/mol. The molecule has 7 nitrogen and oxygen atoms in total. The van der Waals surface area contributed by atoms with Crippen LogP contribution in [0, 0.1) is 19.8 Å². The van der Waals surface area contributed by atoms with E-state index in [9.17, 15) is 14.4 Å². The van der Waals surface area contributed by atoms with E-state index in [1.54, 1.807) is 27.8 Å². The van der Waals surface area contributed by atoms with E-state index in [1.807, 2.05) is 59.7 Å². The Hall–Kier alpha value is -2.57. The lowest BCUT2D eigenvalue weighted by molar-refractivity contribution is -0.142. The summed E-state index contributed by atoms with van der Waals surface area (Å²) >= 11 is 0. The second kappa shape index (κ2) is 11.3. The Morgan fingerprint density at radius 1 is 1.03 bits per heavy atom. The summed E-state index contributed by atoms with van der Waals surface area (Å²) in [6.45, 7) is 16.8. The number of alkyl carbamates (subject to hydrolysis) is 1. The molecule has 0 aliphatic heterocycles. The molecule has 32 heavy (non-hydrogen) atoms. The van der Waals surface area contributed by atoms with Crippen LogP contribution in [0.4, 0.5) is 4.79 Å². The molecule has 0 heterocycles. The highest BCUT2D eigenvalue weighted by Gasteiger charge is 2.37. The number of carbonyl (C=O) groups excluding carboxylic acids is 3. The van der Waals surface area contributed by atoms with E-state index in [0.29, 0.717) is 6.42 Å². The van der Waals surface area contributed by atoms with Gasteiger partial charge in [0.25, 0.3) is 0 Å². The molecule has 0 bridgehead atoms. The van der Waals surface area contributed by atoms with E-state index < -0.39 is 23.8 Å². The van der Waals surface area contributed by atoms with Crippen LogP contribution in [-0.4, -0.2) is 47.5 Å². The zero-order valence-electron chi connectivity index (χ0n) is 21.3. The summed E-state index contributed by atoms with van der Waals surface area (Å²) < 4.78 is 5.38. The van der Waals surface area contributed by atoms with Gasteiger partial charge in [0.1, 0.15) is 17.7 Å². The Morgan fingerprint density at radius 2 is 1.56 bits per heavy atom. The molecule has 0 spiro atoms. The van der Waals surface area contributed by atoms with Gasteiger partial charge >= 0.3 is 6.09 Å². The van der Waals surface area contributed by atoms with Gasteiger partial charge in [0.05, 0.1) is 0 Å². The lowest BCUT2D eigenvalue weighted by Crippen LogP contribution is -2.54. The van der Waals surface area contributed by atoms with Crippen LogP contribution in [0.3, 0.4) is 0 Å². The molecule has 3 atom stereocenters. The van der Waals surface area contributed by atoms with Crippen molar-refractivity contribution in [3.8, 4) is 0 Å². The van der Waals surface area contributed by atoms with Gasteiger partial charge in [-0.1, -0.05) is 38.5 Å². The van der Waals surface area contributed by atoms with Crippen molar-refractivity contribution in [1.82, 2.24) is 15.5 Å². The van der Waals surface area contributed by atoms with E-state index in [-0.39, 0.29) is 23.8 Å². The van der Waals surface area contributed by atoms with Crippen LogP contribution >= 0.6 is 0 Å². The van der Waals surface area contributed by atoms with Crippen molar-refractivity contribution in [2.24, 2.45) is 5.92 Å². The second-order valence-corrected chi connectivity index (χ2v) is 9.83. The lowest BCUT2D eigenvalue weighted by atomic mass is 9.92. The zero-order chi connectivity index (χ0) is 24.8. The van der Waals surface area contributed by atoms with Crippen LogP contribution in [0.2, 0.25) is 0 Å². The van der Waals surface area contributed by atoms with Crippen molar-refractivity contribution in [2.75, 3.05) is 7.05 Å². The molecule has 3 amide bonds. The van der Waals surface area contributed by atoms with Gasteiger partial charge in [0.15, 0.2) is 0 Å². The van der Waals surface area contributed by atoms with E-state index in [2.05, 4.69) is 10.6 Å². The molecule has 0 saturated carbocycles. The number of rotatable bonds is 8. The van der Waals surface area contributed by atoms with Gasteiger partial charge in [-0.2, -0.15) is 0 Å². The molecule has 1 rings (SSSR count). The summed E-state index contributed by atoms with van der Waals surface area (Å²) in [5.41, 5.74) is 1.96. The third-order valence-electron chi connectivity index (χ3n) is 5.38. The third-order valence-corrected chi connectivity index (χ3v) is 5.38. The maximum Gasteiger partial charge on any atom is 0.408 e. The second-order valence-electron chi connectivity index (χ2n) is 9.83. The van der Waals surface area contributed by atoms with Gasteiger partial charge in [-0.15, -0.1) is 0 Å². The van der Waals surface area contributed by atoms with Crippen molar-refractivity contribution in [2.45, 2.75) is 92.5 Å². The Labute approximate surface area is 193 Å². The van der Waals surface area contributed by atoms with E-state index >= 15 is 0 Å². The highest BCUT2D eigenvalue weighted by molar-refractivity contribution is 5.92. The Bertz CT molecular complexity index is 794.